The van der Waals surface area contributed by atoms with Crippen LogP contribution in [0.3, 0.4) is 0 Å². The molecule has 0 unspecified atom stereocenters. The van der Waals surface area contributed by atoms with Gasteiger partial charge in [0, 0.05) is 19.0 Å². The zero-order chi connectivity index (χ0) is 17.3. The van der Waals surface area contributed by atoms with Crippen molar-refractivity contribution in [3.8, 4) is 5.75 Å². The van der Waals surface area contributed by atoms with E-state index in [9.17, 15) is 4.79 Å². The van der Waals surface area contributed by atoms with E-state index < -0.39 is 0 Å². The standard InChI is InChI=1S/C16H17ClN4O3/c1-4-13-20-14-11(23-3)6-5-9(15(14)24-13)7-12(22)19-16-10(17)8-18-21(16)2/h5-6,8H,4,7H2,1-3H3,(H,19,22). The molecule has 1 aromatic carbocycles. The minimum atomic E-state index is -0.221. The van der Waals surface area contributed by atoms with E-state index in [2.05, 4.69) is 15.4 Å². The number of aryl methyl sites for hydroxylation is 2. The van der Waals surface area contributed by atoms with E-state index in [1.165, 1.54) is 10.9 Å². The summed E-state index contributed by atoms with van der Waals surface area (Å²) in [5.74, 6) is 1.46. The molecule has 0 saturated carbocycles. The van der Waals surface area contributed by atoms with E-state index in [0.29, 0.717) is 40.0 Å². The van der Waals surface area contributed by atoms with E-state index in [0.717, 1.165) is 5.56 Å². The number of nitrogens with zero attached hydrogens (tertiary/aromatic N) is 3. The Hall–Kier alpha value is -2.54. The number of ether oxygens (including phenoxy) is 1. The number of rotatable bonds is 5. The summed E-state index contributed by atoms with van der Waals surface area (Å²) in [7, 11) is 3.28. The van der Waals surface area contributed by atoms with Crippen LogP contribution < -0.4 is 10.1 Å². The normalized spacial score (nSPS) is 11.0. The number of carbonyl (C=O) groups excluding carboxylic acids is 1. The van der Waals surface area contributed by atoms with Crippen molar-refractivity contribution in [1.29, 1.82) is 0 Å². The lowest BCUT2D eigenvalue weighted by Gasteiger charge is -2.07. The molecule has 2 aromatic heterocycles. The Bertz CT molecular complexity index is 881. The highest BCUT2D eigenvalue weighted by Crippen LogP contribution is 2.29. The van der Waals surface area contributed by atoms with Gasteiger partial charge in [0.05, 0.1) is 19.7 Å². The molecule has 0 aliphatic carbocycles. The second-order valence-corrected chi connectivity index (χ2v) is 5.66. The zero-order valence-electron chi connectivity index (χ0n) is 13.6. The van der Waals surface area contributed by atoms with Crippen molar-refractivity contribution >= 4 is 34.4 Å². The Morgan fingerprint density at radius 3 is 2.88 bits per heavy atom. The molecule has 1 amide bonds. The average molecular weight is 349 g/mol. The summed E-state index contributed by atoms with van der Waals surface area (Å²) in [6, 6.07) is 3.58. The second-order valence-electron chi connectivity index (χ2n) is 5.26. The Morgan fingerprint density at radius 2 is 2.25 bits per heavy atom. The molecule has 3 aromatic rings. The van der Waals surface area contributed by atoms with E-state index in [1.807, 2.05) is 6.92 Å². The summed E-state index contributed by atoms with van der Waals surface area (Å²) < 4.78 is 12.6. The number of nitrogens with one attached hydrogen (secondary N) is 1. The van der Waals surface area contributed by atoms with Gasteiger partial charge in [-0.05, 0) is 6.07 Å². The summed E-state index contributed by atoms with van der Waals surface area (Å²) in [6.07, 6.45) is 2.27. The number of oxazole rings is 1. The third-order valence-electron chi connectivity index (χ3n) is 3.66. The van der Waals surface area contributed by atoms with E-state index in [4.69, 9.17) is 20.8 Å². The fourth-order valence-electron chi connectivity index (χ4n) is 2.44. The molecule has 3 rings (SSSR count). The molecule has 126 valence electrons. The molecule has 0 bridgehead atoms. The second kappa shape index (κ2) is 6.52. The maximum absolute atomic E-state index is 12.4. The molecule has 7 nitrogen and oxygen atoms in total. The monoisotopic (exact) mass is 348 g/mol. The third kappa shape index (κ3) is 2.94. The van der Waals surface area contributed by atoms with Crippen LogP contribution >= 0.6 is 11.6 Å². The topological polar surface area (TPSA) is 82.2 Å². The van der Waals surface area contributed by atoms with Gasteiger partial charge in [-0.15, -0.1) is 0 Å². The first-order valence-electron chi connectivity index (χ1n) is 7.46. The minimum absolute atomic E-state index is 0.125. The van der Waals surface area contributed by atoms with Gasteiger partial charge in [0.1, 0.15) is 16.6 Å². The largest absolute Gasteiger partial charge is 0.494 e. The van der Waals surface area contributed by atoms with Gasteiger partial charge in [-0.2, -0.15) is 5.10 Å². The number of fused-ring (bicyclic) bond motifs is 1. The Balaban J connectivity index is 1.89. The minimum Gasteiger partial charge on any atom is -0.494 e. The van der Waals surface area contributed by atoms with Crippen LogP contribution in [0.25, 0.3) is 11.1 Å². The van der Waals surface area contributed by atoms with Gasteiger partial charge in [-0.1, -0.05) is 24.6 Å². The number of methoxy groups -OCH3 is 1. The van der Waals surface area contributed by atoms with Crippen LogP contribution in [-0.2, 0) is 24.7 Å². The van der Waals surface area contributed by atoms with Gasteiger partial charge >= 0.3 is 0 Å². The molecule has 8 heteroatoms. The smallest absolute Gasteiger partial charge is 0.230 e. The Kier molecular flexibility index (Phi) is 4.44. The van der Waals surface area contributed by atoms with E-state index in [1.54, 1.807) is 26.3 Å². The molecule has 0 radical (unpaired) electrons. The number of hydrogen-bond donors (Lipinski definition) is 1. The molecule has 0 aliphatic heterocycles. The van der Waals surface area contributed by atoms with Crippen LogP contribution in [0, 0.1) is 0 Å². The van der Waals surface area contributed by atoms with Gasteiger partial charge in [0.15, 0.2) is 17.0 Å². The predicted octanol–water partition coefficient (Wildman–Crippen LogP) is 2.97. The number of anilines is 1. The average Bonchev–Trinajstić information content (AvgIpc) is 3.14. The van der Waals surface area contributed by atoms with Crippen molar-refractivity contribution in [2.24, 2.45) is 7.05 Å². The summed E-state index contributed by atoms with van der Waals surface area (Å²) in [5, 5.41) is 7.13. The van der Waals surface area contributed by atoms with Crippen molar-refractivity contribution in [3.63, 3.8) is 0 Å². The van der Waals surface area contributed by atoms with Crippen LogP contribution in [0.15, 0.2) is 22.7 Å². The summed E-state index contributed by atoms with van der Waals surface area (Å²) in [4.78, 5) is 16.8. The highest BCUT2D eigenvalue weighted by atomic mass is 35.5. The van der Waals surface area contributed by atoms with E-state index in [-0.39, 0.29) is 12.3 Å². The maximum Gasteiger partial charge on any atom is 0.230 e. The van der Waals surface area contributed by atoms with Gasteiger partial charge < -0.3 is 14.5 Å². The molecule has 24 heavy (non-hydrogen) atoms. The molecular weight excluding hydrogens is 332 g/mol. The SMILES string of the molecule is CCc1nc2c(OC)ccc(CC(=O)Nc3c(Cl)cnn3C)c2o1. The Morgan fingerprint density at radius 1 is 1.46 bits per heavy atom. The molecule has 0 saturated heterocycles. The number of benzene rings is 1. The van der Waals surface area contributed by atoms with Crippen LogP contribution in [0.1, 0.15) is 18.4 Å². The zero-order valence-corrected chi connectivity index (χ0v) is 14.3. The highest BCUT2D eigenvalue weighted by Gasteiger charge is 2.17. The summed E-state index contributed by atoms with van der Waals surface area (Å²) in [6.45, 7) is 1.95. The van der Waals surface area contributed by atoms with Crippen LogP contribution in [0.4, 0.5) is 5.82 Å². The number of carbonyl (C=O) groups is 1. The van der Waals surface area contributed by atoms with Gasteiger partial charge in [-0.25, -0.2) is 4.98 Å². The molecule has 0 spiro atoms. The molecule has 0 atom stereocenters. The summed E-state index contributed by atoms with van der Waals surface area (Å²) in [5.41, 5.74) is 1.92. The molecular formula is C16H17ClN4O3. The van der Waals surface area contributed by atoms with Gasteiger partial charge in [-0.3, -0.25) is 9.48 Å². The van der Waals surface area contributed by atoms with Crippen molar-refractivity contribution in [2.75, 3.05) is 12.4 Å². The fourth-order valence-corrected chi connectivity index (χ4v) is 2.65. The number of amides is 1. The molecule has 2 heterocycles. The fraction of sp³-hybridized carbons (Fsp3) is 0.312. The first-order chi connectivity index (χ1) is 11.5. The van der Waals surface area contributed by atoms with Crippen molar-refractivity contribution in [3.05, 3.63) is 34.8 Å². The molecule has 0 fully saturated rings. The van der Waals surface area contributed by atoms with Crippen molar-refractivity contribution < 1.29 is 13.9 Å². The first-order valence-corrected chi connectivity index (χ1v) is 7.84. The van der Waals surface area contributed by atoms with Crippen LogP contribution in [0.5, 0.6) is 5.75 Å². The number of halogens is 1. The Labute approximate surface area is 143 Å². The first kappa shape index (κ1) is 16.3. The number of aromatic nitrogens is 3. The van der Waals surface area contributed by atoms with Gasteiger partial charge in [0.2, 0.25) is 5.91 Å². The highest BCUT2D eigenvalue weighted by molar-refractivity contribution is 6.33. The lowest BCUT2D eigenvalue weighted by molar-refractivity contribution is -0.115. The maximum atomic E-state index is 12.4. The van der Waals surface area contributed by atoms with Crippen LogP contribution in [-0.4, -0.2) is 27.8 Å². The van der Waals surface area contributed by atoms with Crippen molar-refractivity contribution in [1.82, 2.24) is 14.8 Å². The molecule has 0 aliphatic rings. The lowest BCUT2D eigenvalue weighted by atomic mass is 10.1. The van der Waals surface area contributed by atoms with E-state index >= 15 is 0 Å². The lowest BCUT2D eigenvalue weighted by Crippen LogP contribution is -2.17. The van der Waals surface area contributed by atoms with Crippen molar-refractivity contribution in [2.45, 2.75) is 19.8 Å². The van der Waals surface area contributed by atoms with Gasteiger partial charge in [0.25, 0.3) is 0 Å². The number of hydrogen-bond acceptors (Lipinski definition) is 5. The summed E-state index contributed by atoms with van der Waals surface area (Å²) >= 11 is 6.01. The third-order valence-corrected chi connectivity index (χ3v) is 3.93. The van der Waals surface area contributed by atoms with Crippen LogP contribution in [0.2, 0.25) is 5.02 Å². The quantitative estimate of drug-likeness (QED) is 0.766. The molecule has 1 N–H and O–H groups in total. The predicted molar refractivity (Wildman–Crippen MR) is 90.5 cm³/mol.